The lowest BCUT2D eigenvalue weighted by Crippen LogP contribution is -2.60. The zero-order valence-electron chi connectivity index (χ0n) is 22.7. The SMILES string of the molecule is C[C@H](CCC(=O)O)[C@H]1CC[C@H]2[C@@H]3[C@H](O)C[C@@H]4C[C@@](O)(CCc5ccccc5)CC[C@]4(C)[C@H]3CC[C@]12C. The molecule has 3 N–H and O–H groups in total. The summed E-state index contributed by atoms with van der Waals surface area (Å²) in [6.07, 6.45) is 10.8. The normalized spacial score (nSPS) is 44.8. The number of aliphatic carboxylic acids is 1. The van der Waals surface area contributed by atoms with Gasteiger partial charge in [0, 0.05) is 6.42 Å². The van der Waals surface area contributed by atoms with Crippen LogP contribution in [0.5, 0.6) is 0 Å². The first-order chi connectivity index (χ1) is 17.1. The van der Waals surface area contributed by atoms with Crippen molar-refractivity contribution >= 4 is 5.97 Å². The topological polar surface area (TPSA) is 77.8 Å². The number of aliphatic hydroxyl groups is 2. The molecule has 4 fully saturated rings. The highest BCUT2D eigenvalue weighted by atomic mass is 16.4. The van der Waals surface area contributed by atoms with Crippen molar-refractivity contribution in [1.82, 2.24) is 0 Å². The van der Waals surface area contributed by atoms with Crippen molar-refractivity contribution in [3.63, 3.8) is 0 Å². The summed E-state index contributed by atoms with van der Waals surface area (Å²) in [5, 5.41) is 32.5. The van der Waals surface area contributed by atoms with E-state index in [0.717, 1.165) is 44.9 Å². The first-order valence-electron chi connectivity index (χ1n) is 14.7. The van der Waals surface area contributed by atoms with Gasteiger partial charge in [-0.05, 0) is 123 Å². The Morgan fingerprint density at radius 2 is 1.75 bits per heavy atom. The lowest BCUT2D eigenvalue weighted by atomic mass is 9.43. The molecular weight excluding hydrogens is 448 g/mol. The quantitative estimate of drug-likeness (QED) is 0.404. The molecule has 5 rings (SSSR count). The number of carboxylic acid groups (broad SMARTS) is 1. The van der Waals surface area contributed by atoms with Crippen LogP contribution in [0.2, 0.25) is 0 Å². The third kappa shape index (κ3) is 4.55. The summed E-state index contributed by atoms with van der Waals surface area (Å²) < 4.78 is 0. The maximum Gasteiger partial charge on any atom is 0.303 e. The standard InChI is InChI=1S/C32H48O4/c1-21(9-12-28(34)35)24-10-11-25-29-26(14-15-31(24,25)3)30(2)17-18-32(36,20-23(30)19-27(29)33)16-13-22-7-5-4-6-8-22/h4-8,21,23-27,29,33,36H,9-20H2,1-3H3,(H,34,35)/t21-,23-,24-,25+,26+,27-,29+,30+,31-,32-/m1/s1. The van der Waals surface area contributed by atoms with Gasteiger partial charge in [0.05, 0.1) is 11.7 Å². The number of benzene rings is 1. The van der Waals surface area contributed by atoms with Crippen molar-refractivity contribution in [3.05, 3.63) is 35.9 Å². The van der Waals surface area contributed by atoms with Crippen LogP contribution in [0.15, 0.2) is 30.3 Å². The number of carboxylic acids is 1. The molecule has 4 nitrogen and oxygen atoms in total. The summed E-state index contributed by atoms with van der Waals surface area (Å²) in [4.78, 5) is 11.2. The predicted molar refractivity (Wildman–Crippen MR) is 142 cm³/mol. The van der Waals surface area contributed by atoms with E-state index in [1.807, 2.05) is 6.07 Å². The largest absolute Gasteiger partial charge is 0.481 e. The van der Waals surface area contributed by atoms with Crippen LogP contribution in [-0.4, -0.2) is 33.0 Å². The molecule has 4 heteroatoms. The van der Waals surface area contributed by atoms with Gasteiger partial charge in [-0.1, -0.05) is 51.1 Å². The van der Waals surface area contributed by atoms with Gasteiger partial charge in [0.25, 0.3) is 0 Å². The summed E-state index contributed by atoms with van der Waals surface area (Å²) in [7, 11) is 0. The van der Waals surface area contributed by atoms with Gasteiger partial charge in [0.2, 0.25) is 0 Å². The minimum atomic E-state index is -0.687. The Labute approximate surface area is 217 Å². The summed E-state index contributed by atoms with van der Waals surface area (Å²) in [6, 6.07) is 10.5. The second kappa shape index (κ2) is 9.73. The van der Waals surface area contributed by atoms with Gasteiger partial charge in [-0.2, -0.15) is 0 Å². The minimum absolute atomic E-state index is 0.206. The van der Waals surface area contributed by atoms with Crippen LogP contribution in [0.3, 0.4) is 0 Å². The monoisotopic (exact) mass is 496 g/mol. The number of carbonyl (C=O) groups is 1. The van der Waals surface area contributed by atoms with Crippen molar-refractivity contribution in [1.29, 1.82) is 0 Å². The number of hydrogen-bond acceptors (Lipinski definition) is 3. The molecule has 0 heterocycles. The van der Waals surface area contributed by atoms with E-state index in [-0.39, 0.29) is 23.4 Å². The first kappa shape index (κ1) is 26.2. The van der Waals surface area contributed by atoms with E-state index in [0.29, 0.717) is 35.5 Å². The summed E-state index contributed by atoms with van der Waals surface area (Å²) >= 11 is 0. The van der Waals surface area contributed by atoms with Crippen LogP contribution in [0.25, 0.3) is 0 Å². The molecule has 0 aliphatic heterocycles. The van der Waals surface area contributed by atoms with Crippen molar-refractivity contribution in [2.45, 2.75) is 110 Å². The molecule has 4 saturated carbocycles. The first-order valence-corrected chi connectivity index (χ1v) is 14.7. The van der Waals surface area contributed by atoms with Crippen LogP contribution in [0.4, 0.5) is 0 Å². The van der Waals surface area contributed by atoms with Crippen LogP contribution < -0.4 is 0 Å². The lowest BCUT2D eigenvalue weighted by Gasteiger charge is -2.63. The molecule has 0 radical (unpaired) electrons. The van der Waals surface area contributed by atoms with Crippen LogP contribution >= 0.6 is 0 Å². The third-order valence-corrected chi connectivity index (χ3v) is 12.1. The molecule has 1 aromatic carbocycles. The highest BCUT2D eigenvalue weighted by Crippen LogP contribution is 2.69. The van der Waals surface area contributed by atoms with E-state index in [4.69, 9.17) is 0 Å². The maximum atomic E-state index is 11.6. The fourth-order valence-corrected chi connectivity index (χ4v) is 10.1. The van der Waals surface area contributed by atoms with Gasteiger partial charge in [-0.25, -0.2) is 0 Å². The number of rotatable bonds is 7. The molecule has 0 saturated heterocycles. The molecule has 36 heavy (non-hydrogen) atoms. The Morgan fingerprint density at radius 1 is 1.03 bits per heavy atom. The molecule has 4 aliphatic rings. The predicted octanol–water partition coefficient (Wildman–Crippen LogP) is 6.48. The molecule has 1 aromatic rings. The van der Waals surface area contributed by atoms with E-state index in [1.54, 1.807) is 0 Å². The average Bonchev–Trinajstić information content (AvgIpc) is 3.20. The van der Waals surface area contributed by atoms with Crippen molar-refractivity contribution in [3.8, 4) is 0 Å². The molecule has 10 atom stereocenters. The third-order valence-electron chi connectivity index (χ3n) is 12.1. The smallest absolute Gasteiger partial charge is 0.303 e. The Balaban J connectivity index is 1.29. The highest BCUT2D eigenvalue weighted by molar-refractivity contribution is 5.66. The second-order valence-electron chi connectivity index (χ2n) is 13.8. The van der Waals surface area contributed by atoms with E-state index in [1.165, 1.54) is 31.2 Å². The maximum absolute atomic E-state index is 11.6. The molecule has 0 bridgehead atoms. The van der Waals surface area contributed by atoms with E-state index in [2.05, 4.69) is 45.0 Å². The molecule has 0 spiro atoms. The summed E-state index contributed by atoms with van der Waals surface area (Å²) in [5.74, 6) is 2.13. The number of hydrogen-bond donors (Lipinski definition) is 3. The van der Waals surface area contributed by atoms with Gasteiger partial charge in [-0.3, -0.25) is 4.79 Å². The van der Waals surface area contributed by atoms with Crippen molar-refractivity contribution in [2.24, 2.45) is 46.3 Å². The Bertz CT molecular complexity index is 931. The minimum Gasteiger partial charge on any atom is -0.481 e. The molecular formula is C32H48O4. The highest BCUT2D eigenvalue weighted by Gasteiger charge is 2.63. The molecule has 4 aliphatic carbocycles. The number of fused-ring (bicyclic) bond motifs is 5. The van der Waals surface area contributed by atoms with E-state index >= 15 is 0 Å². The van der Waals surface area contributed by atoms with Gasteiger partial charge >= 0.3 is 5.97 Å². The van der Waals surface area contributed by atoms with Crippen molar-refractivity contribution < 1.29 is 20.1 Å². The second-order valence-corrected chi connectivity index (χ2v) is 13.8. The molecule has 0 amide bonds. The summed E-state index contributed by atoms with van der Waals surface area (Å²) in [6.45, 7) is 7.22. The zero-order valence-corrected chi connectivity index (χ0v) is 22.7. The van der Waals surface area contributed by atoms with E-state index < -0.39 is 11.6 Å². The fraction of sp³-hybridized carbons (Fsp3) is 0.781. The Kier molecular flexibility index (Phi) is 7.09. The Morgan fingerprint density at radius 3 is 2.47 bits per heavy atom. The Hall–Kier alpha value is -1.39. The number of aliphatic hydroxyl groups excluding tert-OH is 1. The average molecular weight is 497 g/mol. The zero-order chi connectivity index (χ0) is 25.7. The van der Waals surface area contributed by atoms with Crippen LogP contribution in [0.1, 0.15) is 97.0 Å². The summed E-state index contributed by atoms with van der Waals surface area (Å²) in [5.41, 5.74) is 1.10. The van der Waals surface area contributed by atoms with Gasteiger partial charge in [0.1, 0.15) is 0 Å². The van der Waals surface area contributed by atoms with Gasteiger partial charge in [-0.15, -0.1) is 0 Å². The molecule has 0 unspecified atom stereocenters. The van der Waals surface area contributed by atoms with Crippen molar-refractivity contribution in [2.75, 3.05) is 0 Å². The lowest BCUT2D eigenvalue weighted by molar-refractivity contribution is -0.189. The molecule has 200 valence electrons. The number of aryl methyl sites for hydroxylation is 1. The van der Waals surface area contributed by atoms with Crippen LogP contribution in [0, 0.1) is 46.3 Å². The van der Waals surface area contributed by atoms with Gasteiger partial charge < -0.3 is 15.3 Å². The fourth-order valence-electron chi connectivity index (χ4n) is 10.1. The van der Waals surface area contributed by atoms with E-state index in [9.17, 15) is 20.1 Å². The van der Waals surface area contributed by atoms with Gasteiger partial charge in [0.15, 0.2) is 0 Å². The van der Waals surface area contributed by atoms with Crippen LogP contribution in [-0.2, 0) is 11.2 Å². The molecule has 0 aromatic heterocycles.